The average Bonchev–Trinajstić information content (AvgIpc) is 3.43. The second-order valence-electron chi connectivity index (χ2n) is 21.6. The molecule has 0 rings (SSSR count). The highest BCUT2D eigenvalue weighted by atomic mass is 16.6. The highest BCUT2D eigenvalue weighted by Gasteiger charge is 2.19. The zero-order chi connectivity index (χ0) is 55.7. The number of ether oxygens (including phenoxy) is 3. The molecule has 1 unspecified atom stereocenters. The van der Waals surface area contributed by atoms with Crippen LogP contribution in [0.4, 0.5) is 0 Å². The Kier molecular flexibility index (Phi) is 61.8. The van der Waals surface area contributed by atoms with Crippen molar-refractivity contribution < 1.29 is 28.6 Å². The second-order valence-corrected chi connectivity index (χ2v) is 21.6. The molecule has 442 valence electrons. The van der Waals surface area contributed by atoms with E-state index < -0.39 is 6.10 Å². The first-order valence-electron chi connectivity index (χ1n) is 32.7. The minimum Gasteiger partial charge on any atom is -0.462 e. The van der Waals surface area contributed by atoms with E-state index in [-0.39, 0.29) is 31.1 Å². The summed E-state index contributed by atoms with van der Waals surface area (Å²) in [4.78, 5) is 38.0. The van der Waals surface area contributed by atoms with Gasteiger partial charge in [0.05, 0.1) is 0 Å². The van der Waals surface area contributed by atoms with Crippen molar-refractivity contribution in [1.82, 2.24) is 0 Å². The van der Waals surface area contributed by atoms with Crippen LogP contribution in [0.15, 0.2) is 97.2 Å². The van der Waals surface area contributed by atoms with Crippen LogP contribution in [-0.4, -0.2) is 37.2 Å². The summed E-state index contributed by atoms with van der Waals surface area (Å²) in [5.41, 5.74) is 0. The van der Waals surface area contributed by atoms with Crippen molar-refractivity contribution in [3.8, 4) is 0 Å². The summed E-state index contributed by atoms with van der Waals surface area (Å²) in [6.07, 6.45) is 87.5. The molecule has 0 aliphatic carbocycles. The van der Waals surface area contributed by atoms with Gasteiger partial charge in [0.1, 0.15) is 13.2 Å². The highest BCUT2D eigenvalue weighted by Crippen LogP contribution is 2.16. The Morgan fingerprint density at radius 1 is 0.273 bits per heavy atom. The van der Waals surface area contributed by atoms with Gasteiger partial charge < -0.3 is 14.2 Å². The van der Waals surface area contributed by atoms with Gasteiger partial charge in [0.2, 0.25) is 0 Å². The van der Waals surface area contributed by atoms with Crippen LogP contribution < -0.4 is 0 Å². The Bertz CT molecular complexity index is 1510. The van der Waals surface area contributed by atoms with Crippen LogP contribution in [0, 0.1) is 0 Å². The molecular formula is C71H122O6. The van der Waals surface area contributed by atoms with Gasteiger partial charge in [-0.05, 0) is 103 Å². The van der Waals surface area contributed by atoms with Crippen LogP contribution in [0.1, 0.15) is 316 Å². The molecule has 0 radical (unpaired) electrons. The monoisotopic (exact) mass is 1070 g/mol. The molecule has 0 aliphatic heterocycles. The average molecular weight is 1070 g/mol. The first-order valence-corrected chi connectivity index (χ1v) is 32.7. The number of rotatable bonds is 59. The lowest BCUT2D eigenvalue weighted by molar-refractivity contribution is -0.167. The number of hydrogen-bond donors (Lipinski definition) is 0. The molecule has 0 spiro atoms. The van der Waals surface area contributed by atoms with Crippen LogP contribution in [-0.2, 0) is 28.6 Å². The number of unbranched alkanes of at least 4 members (excludes halogenated alkanes) is 32. The Labute approximate surface area is 477 Å². The lowest BCUT2D eigenvalue weighted by Crippen LogP contribution is -2.30. The molecule has 1 atom stereocenters. The molecule has 0 aromatic rings. The lowest BCUT2D eigenvalue weighted by Gasteiger charge is -2.18. The van der Waals surface area contributed by atoms with E-state index in [9.17, 15) is 14.4 Å². The first kappa shape index (κ1) is 73.3. The third kappa shape index (κ3) is 63.0. The predicted octanol–water partition coefficient (Wildman–Crippen LogP) is 22.4. The van der Waals surface area contributed by atoms with Gasteiger partial charge in [-0.1, -0.05) is 291 Å². The van der Waals surface area contributed by atoms with E-state index in [0.29, 0.717) is 19.3 Å². The maximum Gasteiger partial charge on any atom is 0.306 e. The molecule has 6 nitrogen and oxygen atoms in total. The Morgan fingerprint density at radius 2 is 0.506 bits per heavy atom. The van der Waals surface area contributed by atoms with Gasteiger partial charge in [-0.3, -0.25) is 14.4 Å². The molecule has 0 heterocycles. The SMILES string of the molecule is CC/C=C\C/C=C\C/C=C\C/C=C\C/C=C\C/C=C\CCCCCCCCCCC(=O)OCC(COC(=O)CCCCCCC)OC(=O)CCCCCCCCCCCCCCCCC/C=C\C/C=C\CCCCCCC. The quantitative estimate of drug-likeness (QED) is 0.0261. The molecule has 0 aromatic heterocycles. The number of carbonyl (C=O) groups is 3. The van der Waals surface area contributed by atoms with Crippen molar-refractivity contribution >= 4 is 17.9 Å². The molecule has 6 heteroatoms. The summed E-state index contributed by atoms with van der Waals surface area (Å²) in [5, 5.41) is 0. The van der Waals surface area contributed by atoms with E-state index in [1.54, 1.807) is 0 Å². The van der Waals surface area contributed by atoms with E-state index in [4.69, 9.17) is 14.2 Å². The van der Waals surface area contributed by atoms with Crippen molar-refractivity contribution in [2.45, 2.75) is 322 Å². The van der Waals surface area contributed by atoms with Crippen molar-refractivity contribution in [3.05, 3.63) is 97.2 Å². The van der Waals surface area contributed by atoms with Gasteiger partial charge in [-0.25, -0.2) is 0 Å². The summed E-state index contributed by atoms with van der Waals surface area (Å²) in [5.74, 6) is -0.892. The molecule has 0 aliphatic rings. The fourth-order valence-corrected chi connectivity index (χ4v) is 9.18. The normalized spacial score (nSPS) is 12.7. The summed E-state index contributed by atoms with van der Waals surface area (Å²) in [6, 6.07) is 0. The molecule has 0 aromatic carbocycles. The number of esters is 3. The summed E-state index contributed by atoms with van der Waals surface area (Å²) in [6.45, 7) is 6.45. The zero-order valence-electron chi connectivity index (χ0n) is 50.7. The lowest BCUT2D eigenvalue weighted by atomic mass is 10.0. The van der Waals surface area contributed by atoms with Gasteiger partial charge >= 0.3 is 17.9 Å². The topological polar surface area (TPSA) is 78.9 Å². The maximum atomic E-state index is 12.8. The molecule has 0 saturated carbocycles. The summed E-state index contributed by atoms with van der Waals surface area (Å²) < 4.78 is 16.8. The largest absolute Gasteiger partial charge is 0.462 e. The van der Waals surface area contributed by atoms with Crippen molar-refractivity contribution in [3.63, 3.8) is 0 Å². The zero-order valence-corrected chi connectivity index (χ0v) is 50.7. The van der Waals surface area contributed by atoms with E-state index >= 15 is 0 Å². The van der Waals surface area contributed by atoms with E-state index in [0.717, 1.165) is 116 Å². The van der Waals surface area contributed by atoms with E-state index in [2.05, 4.69) is 118 Å². The molecule has 77 heavy (non-hydrogen) atoms. The molecule has 0 fully saturated rings. The molecule has 0 N–H and O–H groups in total. The maximum absolute atomic E-state index is 12.8. The minimum absolute atomic E-state index is 0.0792. The highest BCUT2D eigenvalue weighted by molar-refractivity contribution is 5.71. The Hall–Kier alpha value is -3.67. The minimum atomic E-state index is -0.778. The Balaban J connectivity index is 4.05. The molecule has 0 amide bonds. The van der Waals surface area contributed by atoms with Crippen LogP contribution in [0.2, 0.25) is 0 Å². The number of hydrogen-bond acceptors (Lipinski definition) is 6. The van der Waals surface area contributed by atoms with E-state index in [1.807, 2.05) is 0 Å². The van der Waals surface area contributed by atoms with E-state index in [1.165, 1.54) is 161 Å². The van der Waals surface area contributed by atoms with Gasteiger partial charge in [0.15, 0.2) is 6.10 Å². The summed E-state index contributed by atoms with van der Waals surface area (Å²) in [7, 11) is 0. The van der Waals surface area contributed by atoms with Crippen LogP contribution in [0.3, 0.4) is 0 Å². The third-order valence-electron chi connectivity index (χ3n) is 14.1. The van der Waals surface area contributed by atoms with Crippen molar-refractivity contribution in [2.24, 2.45) is 0 Å². The second kappa shape index (κ2) is 64.9. The predicted molar refractivity (Wildman–Crippen MR) is 334 cm³/mol. The first-order chi connectivity index (χ1) is 38.0. The number of allylic oxidation sites excluding steroid dienone is 16. The van der Waals surface area contributed by atoms with Crippen molar-refractivity contribution in [2.75, 3.05) is 13.2 Å². The third-order valence-corrected chi connectivity index (χ3v) is 14.1. The smallest absolute Gasteiger partial charge is 0.306 e. The summed E-state index contributed by atoms with van der Waals surface area (Å²) >= 11 is 0. The van der Waals surface area contributed by atoms with Gasteiger partial charge in [-0.2, -0.15) is 0 Å². The van der Waals surface area contributed by atoms with Crippen LogP contribution in [0.25, 0.3) is 0 Å². The van der Waals surface area contributed by atoms with Crippen molar-refractivity contribution in [1.29, 1.82) is 0 Å². The fraction of sp³-hybridized carbons (Fsp3) is 0.732. The fourth-order valence-electron chi connectivity index (χ4n) is 9.18. The van der Waals surface area contributed by atoms with Gasteiger partial charge in [0.25, 0.3) is 0 Å². The Morgan fingerprint density at radius 3 is 0.792 bits per heavy atom. The van der Waals surface area contributed by atoms with Crippen LogP contribution >= 0.6 is 0 Å². The molecule has 0 saturated heterocycles. The van der Waals surface area contributed by atoms with Crippen LogP contribution in [0.5, 0.6) is 0 Å². The van der Waals surface area contributed by atoms with Gasteiger partial charge in [0, 0.05) is 19.3 Å². The molecule has 0 bridgehead atoms. The standard InChI is InChI=1S/C71H122O6/c1-4-7-10-13-15-17-19-21-23-25-27-29-31-33-35-37-39-41-43-45-47-49-51-53-55-58-61-64-70(73)76-67-68(66-75-69(72)63-60-57-12-9-6-3)77-71(74)65-62-59-56-54-52-50-48-46-44-42-40-38-36-34-32-30-28-26-24-22-20-18-16-14-11-8-5-2/h7,10,15,17,20-23,26-29,33,35,39,41,68H,4-6,8-9,11-14,16,18-19,24-25,30-32,34,36-38,40,42-67H2,1-3H3/b10-7-,17-15-,22-20-,23-21-,28-26-,29-27-,35-33-,41-39-. The number of carbonyl (C=O) groups excluding carboxylic acids is 3. The van der Waals surface area contributed by atoms with Gasteiger partial charge in [-0.15, -0.1) is 0 Å². The molecular weight excluding hydrogens is 949 g/mol.